The third kappa shape index (κ3) is 5.42. The number of hydrogen-bond acceptors (Lipinski definition) is 4. The van der Waals surface area contributed by atoms with Gasteiger partial charge in [0.15, 0.2) is 0 Å². The number of amides is 1. The SMILES string of the molecule is CNCC1CCN(C(=O)CNS(=O)(=O)c2cccc(C(F)(F)F)c2)CC1. The summed E-state index contributed by atoms with van der Waals surface area (Å²) in [6.07, 6.45) is -2.99. The Bertz CT molecular complexity index is 730. The van der Waals surface area contributed by atoms with Gasteiger partial charge >= 0.3 is 6.18 Å². The third-order valence-corrected chi connectivity index (χ3v) is 5.74. The van der Waals surface area contributed by atoms with Crippen LogP contribution >= 0.6 is 0 Å². The maximum absolute atomic E-state index is 12.7. The second kappa shape index (κ2) is 8.36. The molecular weight excluding hydrogens is 371 g/mol. The summed E-state index contributed by atoms with van der Waals surface area (Å²) in [4.78, 5) is 13.2. The minimum atomic E-state index is -4.64. The van der Waals surface area contributed by atoms with E-state index in [4.69, 9.17) is 0 Å². The topological polar surface area (TPSA) is 78.5 Å². The smallest absolute Gasteiger partial charge is 0.342 e. The maximum atomic E-state index is 12.7. The molecule has 6 nitrogen and oxygen atoms in total. The molecular formula is C16H22F3N3O3S. The number of alkyl halides is 3. The van der Waals surface area contributed by atoms with Crippen molar-refractivity contribution in [1.82, 2.24) is 14.9 Å². The molecule has 0 radical (unpaired) electrons. The van der Waals surface area contributed by atoms with Gasteiger partial charge in [-0.15, -0.1) is 0 Å². The lowest BCUT2D eigenvalue weighted by atomic mass is 9.97. The second-order valence-corrected chi connectivity index (χ2v) is 8.00. The minimum absolute atomic E-state index is 0.386. The molecule has 0 unspecified atom stereocenters. The normalized spacial score (nSPS) is 16.7. The lowest BCUT2D eigenvalue weighted by Gasteiger charge is -2.32. The van der Waals surface area contributed by atoms with Crippen molar-refractivity contribution in [3.8, 4) is 0 Å². The fourth-order valence-corrected chi connectivity index (χ4v) is 3.89. The molecule has 146 valence electrons. The van der Waals surface area contributed by atoms with Crippen LogP contribution in [0.5, 0.6) is 0 Å². The van der Waals surface area contributed by atoms with Gasteiger partial charge < -0.3 is 10.2 Å². The van der Waals surface area contributed by atoms with Crippen molar-refractivity contribution >= 4 is 15.9 Å². The molecule has 1 aromatic carbocycles. The van der Waals surface area contributed by atoms with E-state index in [9.17, 15) is 26.4 Å². The van der Waals surface area contributed by atoms with E-state index in [1.165, 1.54) is 0 Å². The quantitative estimate of drug-likeness (QED) is 0.767. The van der Waals surface area contributed by atoms with Gasteiger partial charge in [0, 0.05) is 13.1 Å². The van der Waals surface area contributed by atoms with Crippen LogP contribution in [0.25, 0.3) is 0 Å². The van der Waals surface area contributed by atoms with Gasteiger partial charge in [0.25, 0.3) is 0 Å². The summed E-state index contributed by atoms with van der Waals surface area (Å²) >= 11 is 0. The first-order valence-corrected chi connectivity index (χ1v) is 9.71. The van der Waals surface area contributed by atoms with E-state index in [1.807, 2.05) is 7.05 Å². The average Bonchev–Trinajstić information content (AvgIpc) is 2.60. The average molecular weight is 393 g/mol. The van der Waals surface area contributed by atoms with E-state index >= 15 is 0 Å². The summed E-state index contributed by atoms with van der Waals surface area (Å²) in [5.74, 6) is 0.0920. The molecule has 1 aliphatic heterocycles. The van der Waals surface area contributed by atoms with Crippen molar-refractivity contribution in [2.75, 3.05) is 33.2 Å². The monoisotopic (exact) mass is 393 g/mol. The number of rotatable bonds is 6. The van der Waals surface area contributed by atoms with Gasteiger partial charge in [-0.3, -0.25) is 4.79 Å². The Labute approximate surface area is 150 Å². The van der Waals surface area contributed by atoms with Crippen LogP contribution in [0.1, 0.15) is 18.4 Å². The fourth-order valence-electron chi connectivity index (χ4n) is 2.87. The predicted octanol–water partition coefficient (Wildman–Crippen LogP) is 1.44. The summed E-state index contributed by atoms with van der Waals surface area (Å²) in [6, 6.07) is 3.42. The fraction of sp³-hybridized carbons (Fsp3) is 0.562. The highest BCUT2D eigenvalue weighted by molar-refractivity contribution is 7.89. The van der Waals surface area contributed by atoms with Gasteiger partial charge in [0.1, 0.15) is 0 Å². The third-order valence-electron chi connectivity index (χ3n) is 4.35. The molecule has 26 heavy (non-hydrogen) atoms. The molecule has 0 aromatic heterocycles. The van der Waals surface area contributed by atoms with E-state index in [0.717, 1.165) is 37.6 Å². The van der Waals surface area contributed by atoms with Crippen molar-refractivity contribution in [3.63, 3.8) is 0 Å². The summed E-state index contributed by atoms with van der Waals surface area (Å²) in [5.41, 5.74) is -1.06. The molecule has 0 saturated carbocycles. The molecule has 0 atom stereocenters. The van der Waals surface area contributed by atoms with Gasteiger partial charge in [0.2, 0.25) is 15.9 Å². The summed E-state index contributed by atoms with van der Waals surface area (Å²) in [6.45, 7) is 1.46. The van der Waals surface area contributed by atoms with E-state index in [-0.39, 0.29) is 5.91 Å². The van der Waals surface area contributed by atoms with Crippen LogP contribution in [-0.4, -0.2) is 52.5 Å². The Morgan fingerprint density at radius 2 is 1.92 bits per heavy atom. The van der Waals surface area contributed by atoms with Crippen LogP contribution in [0.4, 0.5) is 13.2 Å². The number of carbonyl (C=O) groups is 1. The number of halogens is 3. The molecule has 2 rings (SSSR count). The second-order valence-electron chi connectivity index (χ2n) is 6.23. The predicted molar refractivity (Wildman–Crippen MR) is 89.9 cm³/mol. The molecule has 1 aliphatic rings. The van der Waals surface area contributed by atoms with Crippen molar-refractivity contribution in [3.05, 3.63) is 29.8 Å². The van der Waals surface area contributed by atoms with Gasteiger partial charge in [0.05, 0.1) is 17.0 Å². The standard InChI is InChI=1S/C16H22F3N3O3S/c1-20-10-12-5-7-22(8-6-12)15(23)11-21-26(24,25)14-4-2-3-13(9-14)16(17,18)19/h2-4,9,12,20-21H,5-8,10-11H2,1H3. The summed E-state index contributed by atoms with van der Waals surface area (Å²) in [7, 11) is -2.34. The van der Waals surface area contributed by atoms with Crippen LogP contribution in [0, 0.1) is 5.92 Å². The molecule has 1 aromatic rings. The van der Waals surface area contributed by atoms with Gasteiger partial charge in [-0.1, -0.05) is 6.07 Å². The molecule has 1 saturated heterocycles. The van der Waals surface area contributed by atoms with E-state index in [1.54, 1.807) is 4.90 Å². The largest absolute Gasteiger partial charge is 0.416 e. The Balaban J connectivity index is 1.95. The van der Waals surface area contributed by atoms with Crippen molar-refractivity contribution < 1.29 is 26.4 Å². The van der Waals surface area contributed by atoms with Crippen LogP contribution < -0.4 is 10.0 Å². The Hall–Kier alpha value is -1.65. The zero-order valence-electron chi connectivity index (χ0n) is 14.3. The molecule has 1 fully saturated rings. The number of sulfonamides is 1. The van der Waals surface area contributed by atoms with E-state index in [0.29, 0.717) is 25.1 Å². The molecule has 10 heteroatoms. The van der Waals surface area contributed by atoms with Crippen LogP contribution in [0.15, 0.2) is 29.2 Å². The minimum Gasteiger partial charge on any atom is -0.342 e. The van der Waals surface area contributed by atoms with Crippen LogP contribution in [0.2, 0.25) is 0 Å². The first-order valence-electron chi connectivity index (χ1n) is 8.23. The van der Waals surface area contributed by atoms with Gasteiger partial charge in [-0.25, -0.2) is 13.1 Å². The lowest BCUT2D eigenvalue weighted by molar-refractivity contribution is -0.137. The Morgan fingerprint density at radius 1 is 1.27 bits per heavy atom. The maximum Gasteiger partial charge on any atom is 0.416 e. The first kappa shape index (κ1) is 20.7. The molecule has 2 N–H and O–H groups in total. The Kier molecular flexibility index (Phi) is 6.64. The van der Waals surface area contributed by atoms with Crippen molar-refractivity contribution in [1.29, 1.82) is 0 Å². The number of piperidine rings is 1. The zero-order valence-corrected chi connectivity index (χ0v) is 15.2. The zero-order chi connectivity index (χ0) is 19.4. The van der Waals surface area contributed by atoms with Crippen LogP contribution in [-0.2, 0) is 21.0 Å². The Morgan fingerprint density at radius 3 is 2.50 bits per heavy atom. The number of nitrogens with zero attached hydrogens (tertiary/aromatic N) is 1. The van der Waals surface area contributed by atoms with Crippen molar-refractivity contribution in [2.45, 2.75) is 23.9 Å². The number of carbonyl (C=O) groups excluding carboxylic acids is 1. The molecule has 0 spiro atoms. The highest BCUT2D eigenvalue weighted by atomic mass is 32.2. The summed E-state index contributed by atoms with van der Waals surface area (Å²) in [5, 5.41) is 3.08. The highest BCUT2D eigenvalue weighted by Gasteiger charge is 2.32. The van der Waals surface area contributed by atoms with Gasteiger partial charge in [-0.2, -0.15) is 13.2 Å². The van der Waals surface area contributed by atoms with Crippen LogP contribution in [0.3, 0.4) is 0 Å². The number of nitrogens with one attached hydrogen (secondary N) is 2. The molecule has 1 amide bonds. The van der Waals surface area contributed by atoms with E-state index in [2.05, 4.69) is 10.0 Å². The molecule has 0 bridgehead atoms. The molecule has 1 heterocycles. The number of hydrogen-bond donors (Lipinski definition) is 2. The molecule has 0 aliphatic carbocycles. The highest BCUT2D eigenvalue weighted by Crippen LogP contribution is 2.30. The summed E-state index contributed by atoms with van der Waals surface area (Å²) < 4.78 is 64.6. The number of benzene rings is 1. The van der Waals surface area contributed by atoms with E-state index < -0.39 is 33.2 Å². The van der Waals surface area contributed by atoms with Crippen molar-refractivity contribution in [2.24, 2.45) is 5.92 Å². The van der Waals surface area contributed by atoms with Gasteiger partial charge in [-0.05, 0) is 50.6 Å². The first-order chi connectivity index (χ1) is 12.1. The lowest BCUT2D eigenvalue weighted by Crippen LogP contribution is -2.45. The number of likely N-dealkylation sites (tertiary alicyclic amines) is 1.